The number of hydrogen-bond donors (Lipinski definition) is 6. The zero-order valence-corrected chi connectivity index (χ0v) is 45.7. The molecule has 8 atom stereocenters. The van der Waals surface area contributed by atoms with Gasteiger partial charge in [0.15, 0.2) is 12.4 Å². The molecule has 0 aliphatic carbocycles. The molecule has 0 aromatic rings. The zero-order chi connectivity index (χ0) is 51.1. The van der Waals surface area contributed by atoms with Gasteiger partial charge in [-0.1, -0.05) is 270 Å². The van der Waals surface area contributed by atoms with Crippen molar-refractivity contribution in [2.75, 3.05) is 13.2 Å². The van der Waals surface area contributed by atoms with Crippen LogP contribution in [0.3, 0.4) is 0 Å². The molecule has 414 valence electrons. The molecule has 0 aromatic heterocycles. The van der Waals surface area contributed by atoms with Gasteiger partial charge >= 0.3 is 5.97 Å². The van der Waals surface area contributed by atoms with Crippen LogP contribution in [0.1, 0.15) is 290 Å². The molecule has 1 aliphatic heterocycles. The summed E-state index contributed by atoms with van der Waals surface area (Å²) in [4.78, 5) is 26.5. The molecule has 0 saturated carbocycles. The third kappa shape index (κ3) is 36.3. The van der Waals surface area contributed by atoms with Crippen molar-refractivity contribution in [1.82, 2.24) is 5.32 Å². The van der Waals surface area contributed by atoms with E-state index in [4.69, 9.17) is 14.2 Å². The minimum atomic E-state index is -1.60. The van der Waals surface area contributed by atoms with Crippen LogP contribution in [0.15, 0.2) is 12.2 Å². The molecule has 1 heterocycles. The normalized spacial score (nSPS) is 19.7. The fourth-order valence-corrected chi connectivity index (χ4v) is 9.65. The van der Waals surface area contributed by atoms with Crippen LogP contribution in [-0.4, -0.2) is 99.6 Å². The summed E-state index contributed by atoms with van der Waals surface area (Å²) in [7, 11) is 0. The number of aliphatic hydroxyl groups excluding tert-OH is 5. The van der Waals surface area contributed by atoms with Gasteiger partial charge in [-0.05, 0) is 25.7 Å². The average Bonchev–Trinajstić information content (AvgIpc) is 3.36. The fraction of sp³-hybridized carbons (Fsp3) is 0.932. The Balaban J connectivity index is 2.68. The molecule has 0 aromatic carbocycles. The summed E-state index contributed by atoms with van der Waals surface area (Å²) in [5, 5.41) is 56.8. The van der Waals surface area contributed by atoms with E-state index < -0.39 is 67.4 Å². The summed E-state index contributed by atoms with van der Waals surface area (Å²) in [6.45, 7) is 5.80. The summed E-state index contributed by atoms with van der Waals surface area (Å²) in [5.41, 5.74) is 0. The number of aliphatic hydroxyl groups is 5. The van der Waals surface area contributed by atoms with Gasteiger partial charge in [-0.3, -0.25) is 9.59 Å². The number of carbonyl (C=O) groups excluding carboxylic acids is 2. The molecule has 1 aliphatic rings. The van der Waals surface area contributed by atoms with Crippen molar-refractivity contribution in [3.8, 4) is 0 Å². The van der Waals surface area contributed by atoms with Crippen LogP contribution in [0.5, 0.6) is 0 Å². The van der Waals surface area contributed by atoms with Crippen molar-refractivity contribution in [3.05, 3.63) is 12.2 Å². The molecule has 11 nitrogen and oxygen atoms in total. The Hall–Kier alpha value is -1.60. The van der Waals surface area contributed by atoms with E-state index in [1.54, 1.807) is 6.08 Å². The number of ether oxygens (including phenoxy) is 3. The quantitative estimate of drug-likeness (QED) is 0.0195. The second kappa shape index (κ2) is 48.3. The Morgan fingerprint density at radius 1 is 0.543 bits per heavy atom. The Labute approximate surface area is 429 Å². The highest BCUT2D eigenvalue weighted by Gasteiger charge is 2.47. The lowest BCUT2D eigenvalue weighted by Gasteiger charge is -2.41. The zero-order valence-electron chi connectivity index (χ0n) is 45.7. The minimum absolute atomic E-state index is 0.131. The lowest BCUT2D eigenvalue weighted by molar-refractivity contribution is -0.305. The van der Waals surface area contributed by atoms with Crippen molar-refractivity contribution in [2.24, 2.45) is 0 Å². The maximum absolute atomic E-state index is 13.4. The molecular weight excluding hydrogens is 883 g/mol. The Morgan fingerprint density at radius 3 is 1.34 bits per heavy atom. The van der Waals surface area contributed by atoms with Crippen LogP contribution in [0, 0.1) is 0 Å². The highest BCUT2D eigenvalue weighted by Crippen LogP contribution is 2.26. The van der Waals surface area contributed by atoms with Gasteiger partial charge in [-0.15, -0.1) is 0 Å². The molecule has 70 heavy (non-hydrogen) atoms. The fourth-order valence-electron chi connectivity index (χ4n) is 9.65. The number of esters is 1. The second-order valence-electron chi connectivity index (χ2n) is 21.1. The van der Waals surface area contributed by atoms with Crippen LogP contribution in [-0.2, 0) is 23.8 Å². The number of amides is 1. The third-order valence-corrected chi connectivity index (χ3v) is 14.4. The molecule has 11 heteroatoms. The van der Waals surface area contributed by atoms with Crippen molar-refractivity contribution < 1.29 is 49.3 Å². The SMILES string of the molecule is CCCCCCCCCCCC/C=C/C(O)C(COC1OC(CO)C(O)C(O)C1OC(=O)CCCCCCCCCCCCCCCCCCC)NC(=O)C(O)CCCCCCCCCCCCCC. The average molecular weight is 997 g/mol. The van der Waals surface area contributed by atoms with Gasteiger partial charge in [0.2, 0.25) is 5.91 Å². The third-order valence-electron chi connectivity index (χ3n) is 14.4. The number of nitrogens with one attached hydrogen (secondary N) is 1. The molecule has 1 saturated heterocycles. The molecule has 1 amide bonds. The molecule has 0 radical (unpaired) electrons. The van der Waals surface area contributed by atoms with E-state index in [0.29, 0.717) is 19.3 Å². The minimum Gasteiger partial charge on any atom is -0.454 e. The second-order valence-corrected chi connectivity index (χ2v) is 21.1. The van der Waals surface area contributed by atoms with E-state index >= 15 is 0 Å². The van der Waals surface area contributed by atoms with E-state index in [1.807, 2.05) is 6.08 Å². The predicted octanol–water partition coefficient (Wildman–Crippen LogP) is 13.6. The Kier molecular flexibility index (Phi) is 45.9. The summed E-state index contributed by atoms with van der Waals surface area (Å²) >= 11 is 0. The van der Waals surface area contributed by atoms with Gasteiger partial charge in [0, 0.05) is 6.42 Å². The highest BCUT2D eigenvalue weighted by molar-refractivity contribution is 5.80. The molecular formula is C59H113NO10. The maximum atomic E-state index is 13.4. The van der Waals surface area contributed by atoms with E-state index in [9.17, 15) is 35.1 Å². The molecule has 8 unspecified atom stereocenters. The number of carbonyl (C=O) groups is 2. The standard InChI is InChI=1S/C59H113NO10/c1-4-7-10-13-16-19-22-25-26-27-28-29-32-35-38-41-44-47-54(64)70-57-56(66)55(65)53(48-61)69-59(57)68-49-50(51(62)45-42-39-36-33-30-23-20-17-14-11-8-5-2)60-58(67)52(63)46-43-40-37-34-31-24-21-18-15-12-9-6-3/h42,45,50-53,55-57,59,61-63,65-66H,4-41,43-44,46-49H2,1-3H3,(H,60,67)/b45-42+. The van der Waals surface area contributed by atoms with Gasteiger partial charge in [0.1, 0.15) is 24.4 Å². The molecule has 0 bridgehead atoms. The summed E-state index contributed by atoms with van der Waals surface area (Å²) < 4.78 is 17.6. The monoisotopic (exact) mass is 996 g/mol. The van der Waals surface area contributed by atoms with Gasteiger partial charge in [0.25, 0.3) is 0 Å². The first-order valence-electron chi connectivity index (χ1n) is 30.0. The summed E-state index contributed by atoms with van der Waals surface area (Å²) in [6.07, 6.45) is 42.5. The lowest BCUT2D eigenvalue weighted by atomic mass is 9.99. The Morgan fingerprint density at radius 2 is 0.929 bits per heavy atom. The number of rotatable bonds is 51. The molecule has 0 spiro atoms. The topological polar surface area (TPSA) is 175 Å². The summed E-state index contributed by atoms with van der Waals surface area (Å²) in [5.74, 6) is -1.18. The van der Waals surface area contributed by atoms with Gasteiger partial charge in [0.05, 0.1) is 25.4 Å². The van der Waals surface area contributed by atoms with Crippen LogP contribution in [0.2, 0.25) is 0 Å². The maximum Gasteiger partial charge on any atom is 0.306 e. The number of unbranched alkanes of at least 4 members (excludes halogenated alkanes) is 37. The first-order valence-corrected chi connectivity index (χ1v) is 30.0. The van der Waals surface area contributed by atoms with Crippen molar-refractivity contribution in [1.29, 1.82) is 0 Å². The van der Waals surface area contributed by atoms with Crippen LogP contribution >= 0.6 is 0 Å². The van der Waals surface area contributed by atoms with Gasteiger partial charge in [-0.25, -0.2) is 0 Å². The summed E-state index contributed by atoms with van der Waals surface area (Å²) in [6, 6.07) is -1.01. The van der Waals surface area contributed by atoms with Crippen LogP contribution in [0.4, 0.5) is 0 Å². The van der Waals surface area contributed by atoms with Gasteiger partial charge < -0.3 is 45.1 Å². The molecule has 1 fully saturated rings. The first-order chi connectivity index (χ1) is 34.2. The molecule has 1 rings (SSSR count). The lowest BCUT2D eigenvalue weighted by Crippen LogP contribution is -2.61. The van der Waals surface area contributed by atoms with Crippen molar-refractivity contribution in [2.45, 2.75) is 339 Å². The number of allylic oxidation sites excluding steroid dienone is 1. The molecule has 6 N–H and O–H groups in total. The van der Waals surface area contributed by atoms with E-state index in [2.05, 4.69) is 26.1 Å². The van der Waals surface area contributed by atoms with E-state index in [0.717, 1.165) is 57.8 Å². The van der Waals surface area contributed by atoms with Gasteiger partial charge in [-0.2, -0.15) is 0 Å². The number of hydrogen-bond acceptors (Lipinski definition) is 10. The van der Waals surface area contributed by atoms with Crippen molar-refractivity contribution >= 4 is 11.9 Å². The Bertz CT molecular complexity index is 1190. The highest BCUT2D eigenvalue weighted by atomic mass is 16.7. The predicted molar refractivity (Wildman–Crippen MR) is 288 cm³/mol. The van der Waals surface area contributed by atoms with E-state index in [1.165, 1.54) is 186 Å². The van der Waals surface area contributed by atoms with Crippen molar-refractivity contribution in [3.63, 3.8) is 0 Å². The van der Waals surface area contributed by atoms with Crippen LogP contribution in [0.25, 0.3) is 0 Å². The smallest absolute Gasteiger partial charge is 0.306 e. The first kappa shape index (κ1) is 66.4. The van der Waals surface area contributed by atoms with E-state index in [-0.39, 0.29) is 13.0 Å². The largest absolute Gasteiger partial charge is 0.454 e. The van der Waals surface area contributed by atoms with Crippen LogP contribution < -0.4 is 5.32 Å².